The first kappa shape index (κ1) is 13.4. The van der Waals surface area contributed by atoms with Crippen molar-refractivity contribution in [3.63, 3.8) is 0 Å². The molecule has 5 nitrogen and oxygen atoms in total. The van der Waals surface area contributed by atoms with Gasteiger partial charge in [0.05, 0.1) is 11.7 Å². The van der Waals surface area contributed by atoms with Crippen LogP contribution in [0.5, 0.6) is 0 Å². The maximum Gasteiger partial charge on any atom is 0.352 e. The predicted octanol–water partition coefficient (Wildman–Crippen LogP) is 3.48. The maximum absolute atomic E-state index is 11.0. The first-order chi connectivity index (χ1) is 9.84. The van der Waals surface area contributed by atoms with Crippen LogP contribution < -0.4 is 0 Å². The Kier molecular flexibility index (Phi) is 2.86. The number of benzene rings is 1. The molecule has 108 valence electrons. The maximum atomic E-state index is 11.0. The average Bonchev–Trinajstić information content (AvgIpc) is 3.04. The van der Waals surface area contributed by atoms with Crippen LogP contribution >= 0.6 is 0 Å². The Morgan fingerprint density at radius 2 is 2.00 bits per heavy atom. The highest BCUT2D eigenvalue weighted by Gasteiger charge is 2.15. The predicted molar refractivity (Wildman–Crippen MR) is 81.5 cm³/mol. The van der Waals surface area contributed by atoms with Crippen LogP contribution in [0.3, 0.4) is 0 Å². The number of carboxylic acid groups (broad SMARTS) is 1. The van der Waals surface area contributed by atoms with Gasteiger partial charge in [0.25, 0.3) is 0 Å². The van der Waals surface area contributed by atoms with Gasteiger partial charge in [0.2, 0.25) is 0 Å². The van der Waals surface area contributed by atoms with Crippen molar-refractivity contribution in [2.45, 2.75) is 26.3 Å². The van der Waals surface area contributed by atoms with E-state index in [0.717, 1.165) is 22.0 Å². The van der Waals surface area contributed by atoms with Crippen LogP contribution in [0.4, 0.5) is 0 Å². The third kappa shape index (κ3) is 2.42. The molecule has 0 aliphatic heterocycles. The molecule has 0 aliphatic rings. The molecule has 2 heterocycles. The van der Waals surface area contributed by atoms with Gasteiger partial charge in [-0.15, -0.1) is 0 Å². The topological polar surface area (TPSA) is 70.9 Å². The lowest BCUT2D eigenvalue weighted by molar-refractivity contribution is 0.0691. The molecule has 0 spiro atoms. The number of carbonyl (C=O) groups is 1. The van der Waals surface area contributed by atoms with Gasteiger partial charge in [-0.25, -0.2) is 4.79 Å². The second-order valence-electron chi connectivity index (χ2n) is 6.13. The van der Waals surface area contributed by atoms with Gasteiger partial charge in [-0.1, -0.05) is 6.07 Å². The summed E-state index contributed by atoms with van der Waals surface area (Å²) in [6.45, 7) is 6.29. The van der Waals surface area contributed by atoms with E-state index in [2.05, 4.69) is 30.9 Å². The SMILES string of the molecule is CC(C)(C)n1cc(-c2ccc3[nH]c(C(=O)O)cc3c2)cn1. The van der Waals surface area contributed by atoms with E-state index in [1.165, 1.54) is 0 Å². The van der Waals surface area contributed by atoms with E-state index in [-0.39, 0.29) is 11.2 Å². The molecule has 0 unspecified atom stereocenters. The lowest BCUT2D eigenvalue weighted by atomic mass is 10.1. The van der Waals surface area contributed by atoms with E-state index >= 15 is 0 Å². The third-order valence-corrected chi connectivity index (χ3v) is 3.45. The van der Waals surface area contributed by atoms with Crippen molar-refractivity contribution >= 4 is 16.9 Å². The molecule has 0 saturated heterocycles. The van der Waals surface area contributed by atoms with Gasteiger partial charge in [-0.2, -0.15) is 5.10 Å². The zero-order valence-electron chi connectivity index (χ0n) is 12.2. The molecular weight excluding hydrogens is 266 g/mol. The number of aromatic amines is 1. The molecule has 21 heavy (non-hydrogen) atoms. The van der Waals surface area contributed by atoms with Gasteiger partial charge < -0.3 is 10.1 Å². The van der Waals surface area contributed by atoms with Gasteiger partial charge in [-0.05, 0) is 44.5 Å². The summed E-state index contributed by atoms with van der Waals surface area (Å²) in [4.78, 5) is 13.9. The monoisotopic (exact) mass is 283 g/mol. The van der Waals surface area contributed by atoms with Crippen molar-refractivity contribution in [2.24, 2.45) is 0 Å². The highest BCUT2D eigenvalue weighted by Crippen LogP contribution is 2.26. The first-order valence-corrected chi connectivity index (χ1v) is 6.76. The second-order valence-corrected chi connectivity index (χ2v) is 6.13. The summed E-state index contributed by atoms with van der Waals surface area (Å²) >= 11 is 0. The van der Waals surface area contributed by atoms with Crippen LogP contribution in [-0.4, -0.2) is 25.8 Å². The molecular formula is C16H17N3O2. The summed E-state index contributed by atoms with van der Waals surface area (Å²) < 4.78 is 1.92. The standard InChI is InChI=1S/C16H17N3O2/c1-16(2,3)19-9-12(8-17-19)10-4-5-13-11(6-10)7-14(18-13)15(20)21/h4-9,18H,1-3H3,(H,20,21). The van der Waals surface area contributed by atoms with Crippen LogP contribution in [0, 0.1) is 0 Å². The average molecular weight is 283 g/mol. The molecule has 3 rings (SSSR count). The Morgan fingerprint density at radius 1 is 1.24 bits per heavy atom. The number of aromatic nitrogens is 3. The van der Waals surface area contributed by atoms with Crippen molar-refractivity contribution < 1.29 is 9.90 Å². The van der Waals surface area contributed by atoms with Crippen LogP contribution in [0.1, 0.15) is 31.3 Å². The van der Waals surface area contributed by atoms with Crippen molar-refractivity contribution in [3.05, 3.63) is 42.4 Å². The number of H-pyrrole nitrogens is 1. The molecule has 0 bridgehead atoms. The van der Waals surface area contributed by atoms with Crippen molar-refractivity contribution in [2.75, 3.05) is 0 Å². The van der Waals surface area contributed by atoms with Crippen LogP contribution in [0.15, 0.2) is 36.7 Å². The Labute approximate surface area is 122 Å². The minimum atomic E-state index is -0.951. The molecule has 5 heteroatoms. The van der Waals surface area contributed by atoms with E-state index in [1.807, 2.05) is 35.3 Å². The molecule has 0 radical (unpaired) electrons. The molecule has 2 aromatic heterocycles. The largest absolute Gasteiger partial charge is 0.477 e. The molecule has 3 aromatic rings. The molecule has 1 aromatic carbocycles. The number of aromatic carboxylic acids is 1. The summed E-state index contributed by atoms with van der Waals surface area (Å²) in [6.07, 6.45) is 3.84. The van der Waals surface area contributed by atoms with Gasteiger partial charge in [-0.3, -0.25) is 4.68 Å². The fourth-order valence-electron chi connectivity index (χ4n) is 2.27. The van der Waals surface area contributed by atoms with Crippen LogP contribution in [0.2, 0.25) is 0 Å². The molecule has 0 aliphatic carbocycles. The van der Waals surface area contributed by atoms with Crippen molar-refractivity contribution in [1.82, 2.24) is 14.8 Å². The zero-order valence-corrected chi connectivity index (χ0v) is 12.2. The number of carboxylic acids is 1. The quantitative estimate of drug-likeness (QED) is 0.756. The lowest BCUT2D eigenvalue weighted by Gasteiger charge is -2.18. The van der Waals surface area contributed by atoms with E-state index in [9.17, 15) is 4.79 Å². The fourth-order valence-corrected chi connectivity index (χ4v) is 2.27. The number of nitrogens with zero attached hydrogens (tertiary/aromatic N) is 2. The van der Waals surface area contributed by atoms with Gasteiger partial charge in [0, 0.05) is 22.7 Å². The number of hydrogen-bond donors (Lipinski definition) is 2. The van der Waals surface area contributed by atoms with E-state index in [4.69, 9.17) is 5.11 Å². The normalized spacial score (nSPS) is 12.0. The number of nitrogens with one attached hydrogen (secondary N) is 1. The number of fused-ring (bicyclic) bond motifs is 1. The number of rotatable bonds is 2. The minimum absolute atomic E-state index is 0.0626. The second kappa shape index (κ2) is 4.48. The summed E-state index contributed by atoms with van der Waals surface area (Å²) in [5.41, 5.74) is 3.00. The Hall–Kier alpha value is -2.56. The Bertz CT molecular complexity index is 822. The summed E-state index contributed by atoms with van der Waals surface area (Å²) in [7, 11) is 0. The highest BCUT2D eigenvalue weighted by molar-refractivity contribution is 5.95. The van der Waals surface area contributed by atoms with Crippen molar-refractivity contribution in [1.29, 1.82) is 0 Å². The molecule has 0 fully saturated rings. The van der Waals surface area contributed by atoms with E-state index in [1.54, 1.807) is 6.07 Å². The molecule has 0 saturated carbocycles. The molecule has 2 N–H and O–H groups in total. The molecule has 0 atom stereocenters. The number of hydrogen-bond acceptors (Lipinski definition) is 2. The minimum Gasteiger partial charge on any atom is -0.477 e. The first-order valence-electron chi connectivity index (χ1n) is 6.76. The van der Waals surface area contributed by atoms with Crippen LogP contribution in [-0.2, 0) is 5.54 Å². The zero-order chi connectivity index (χ0) is 15.2. The fraction of sp³-hybridized carbons (Fsp3) is 0.250. The summed E-state index contributed by atoms with van der Waals surface area (Å²) in [5, 5.41) is 14.3. The Morgan fingerprint density at radius 3 is 2.62 bits per heavy atom. The Balaban J connectivity index is 2.04. The van der Waals surface area contributed by atoms with Gasteiger partial charge >= 0.3 is 5.97 Å². The van der Waals surface area contributed by atoms with Gasteiger partial charge in [0.15, 0.2) is 0 Å². The third-order valence-electron chi connectivity index (χ3n) is 3.45. The van der Waals surface area contributed by atoms with Crippen molar-refractivity contribution in [3.8, 4) is 11.1 Å². The lowest BCUT2D eigenvalue weighted by Crippen LogP contribution is -2.21. The van der Waals surface area contributed by atoms with Gasteiger partial charge in [0.1, 0.15) is 5.69 Å². The van der Waals surface area contributed by atoms with E-state index in [0.29, 0.717) is 0 Å². The molecule has 0 amide bonds. The highest BCUT2D eigenvalue weighted by atomic mass is 16.4. The summed E-state index contributed by atoms with van der Waals surface area (Å²) in [6, 6.07) is 7.48. The van der Waals surface area contributed by atoms with Crippen LogP contribution in [0.25, 0.3) is 22.0 Å². The smallest absolute Gasteiger partial charge is 0.352 e. The van der Waals surface area contributed by atoms with E-state index < -0.39 is 5.97 Å². The summed E-state index contributed by atoms with van der Waals surface area (Å²) in [5.74, 6) is -0.951.